The number of rotatable bonds is 6. The van der Waals surface area contributed by atoms with Crippen LogP contribution in [0.1, 0.15) is 17.7 Å². The number of piperazine rings is 1. The predicted molar refractivity (Wildman–Crippen MR) is 131 cm³/mol. The molecule has 3 aliphatic heterocycles. The van der Waals surface area contributed by atoms with Gasteiger partial charge >= 0.3 is 5.97 Å². The summed E-state index contributed by atoms with van der Waals surface area (Å²) in [5.74, 6) is 0.370. The van der Waals surface area contributed by atoms with Crippen LogP contribution in [0, 0.1) is 5.82 Å². The van der Waals surface area contributed by atoms with Crippen molar-refractivity contribution in [1.29, 1.82) is 0 Å². The van der Waals surface area contributed by atoms with E-state index >= 15 is 0 Å². The van der Waals surface area contributed by atoms with E-state index in [2.05, 4.69) is 24.8 Å². The minimum Gasteiger partial charge on any atom is -0.508 e. The van der Waals surface area contributed by atoms with Crippen molar-refractivity contribution in [3.63, 3.8) is 0 Å². The number of phenolic OH excluding ortho intramolecular Hbond substituents is 1. The Hall–Kier alpha value is -4.05. The Morgan fingerprint density at radius 1 is 1.17 bits per heavy atom. The highest BCUT2D eigenvalue weighted by molar-refractivity contribution is 5.91. The van der Waals surface area contributed by atoms with Crippen molar-refractivity contribution in [3.8, 4) is 17.0 Å². The number of H-pyrrole nitrogens is 1. The topological polar surface area (TPSA) is 107 Å². The smallest absolute Gasteiger partial charge is 0.311 e. The molecule has 3 fully saturated rings. The number of aromatic amines is 1. The number of phenols is 1. The molecule has 2 atom stereocenters. The maximum Gasteiger partial charge on any atom is 0.311 e. The van der Waals surface area contributed by atoms with Gasteiger partial charge in [-0.1, -0.05) is 0 Å². The number of carbonyl (C=O) groups excluding carboxylic acids is 1. The summed E-state index contributed by atoms with van der Waals surface area (Å²) in [6, 6.07) is 10.6. The van der Waals surface area contributed by atoms with Gasteiger partial charge in [-0.3, -0.25) is 9.69 Å². The van der Waals surface area contributed by atoms with E-state index in [1.165, 1.54) is 31.6 Å². The zero-order valence-electron chi connectivity index (χ0n) is 19.7. The van der Waals surface area contributed by atoms with Gasteiger partial charge in [0.1, 0.15) is 29.4 Å². The molecule has 2 bridgehead atoms. The van der Waals surface area contributed by atoms with Gasteiger partial charge in [-0.2, -0.15) is 0 Å². The van der Waals surface area contributed by atoms with E-state index in [0.717, 1.165) is 42.0 Å². The SMILES string of the molecule is COC(=O)Cc1cc2c(-c3ccc(N4CC5CC(C4)N5Cc4cc(F)ccc4O)nc3)ncnc2[nH]1. The first-order chi connectivity index (χ1) is 17.5. The molecule has 0 radical (unpaired) electrons. The molecule has 10 heteroatoms. The Labute approximate surface area is 206 Å². The predicted octanol–water partition coefficient (Wildman–Crippen LogP) is 3.04. The minimum absolute atomic E-state index is 0.133. The fourth-order valence-electron chi connectivity index (χ4n) is 5.27. The number of aromatic hydroxyl groups is 1. The quantitative estimate of drug-likeness (QED) is 0.399. The average molecular weight is 489 g/mol. The number of ether oxygens (including phenoxy) is 1. The Bertz CT molecular complexity index is 1430. The lowest BCUT2D eigenvalue weighted by molar-refractivity contribution is -0.139. The van der Waals surface area contributed by atoms with Gasteiger partial charge in [0.15, 0.2) is 0 Å². The second kappa shape index (κ2) is 8.87. The van der Waals surface area contributed by atoms with Crippen LogP contribution in [0.2, 0.25) is 0 Å². The van der Waals surface area contributed by atoms with Gasteiger partial charge < -0.3 is 19.7 Å². The molecule has 6 heterocycles. The van der Waals surface area contributed by atoms with Crippen molar-refractivity contribution in [3.05, 3.63) is 66.0 Å². The van der Waals surface area contributed by atoms with Crippen LogP contribution >= 0.6 is 0 Å². The molecule has 1 aromatic carbocycles. The number of hydrogen-bond acceptors (Lipinski definition) is 8. The van der Waals surface area contributed by atoms with E-state index in [1.54, 1.807) is 0 Å². The maximum absolute atomic E-state index is 13.6. The molecule has 4 aromatic rings. The van der Waals surface area contributed by atoms with Crippen LogP contribution in [-0.2, 0) is 22.5 Å². The first kappa shape index (κ1) is 22.4. The van der Waals surface area contributed by atoms with Crippen molar-refractivity contribution in [2.24, 2.45) is 0 Å². The van der Waals surface area contributed by atoms with E-state index in [4.69, 9.17) is 9.72 Å². The van der Waals surface area contributed by atoms with Gasteiger partial charge in [0.2, 0.25) is 0 Å². The summed E-state index contributed by atoms with van der Waals surface area (Å²) in [5, 5.41) is 10.9. The maximum atomic E-state index is 13.6. The summed E-state index contributed by atoms with van der Waals surface area (Å²) < 4.78 is 18.4. The molecule has 7 rings (SSSR count). The Kier molecular flexibility index (Phi) is 5.52. The standard InChI is InChI=1S/C26H25FN6O3/c1-36-24(35)8-18-7-21-25(29-14-30-26(21)31-18)15-2-5-23(28-10-15)32-12-19-9-20(13-32)33(19)11-16-6-17(27)3-4-22(16)34/h2-7,10,14,19-20,34H,8-9,11-13H2,1H3,(H,29,30,31). The Morgan fingerprint density at radius 2 is 2.00 bits per heavy atom. The summed E-state index contributed by atoms with van der Waals surface area (Å²) in [7, 11) is 1.36. The number of esters is 1. The van der Waals surface area contributed by atoms with Gasteiger partial charge in [0.25, 0.3) is 0 Å². The zero-order valence-corrected chi connectivity index (χ0v) is 19.7. The van der Waals surface area contributed by atoms with Crippen LogP contribution in [0.4, 0.5) is 10.2 Å². The lowest BCUT2D eigenvalue weighted by atomic mass is 9.86. The van der Waals surface area contributed by atoms with E-state index < -0.39 is 0 Å². The molecule has 3 saturated heterocycles. The Balaban J connectivity index is 1.16. The lowest BCUT2D eigenvalue weighted by Crippen LogP contribution is -2.68. The number of pyridine rings is 1. The summed E-state index contributed by atoms with van der Waals surface area (Å²) in [4.78, 5) is 32.9. The normalized spacial score (nSPS) is 19.3. The van der Waals surface area contributed by atoms with Gasteiger partial charge in [-0.25, -0.2) is 19.3 Å². The third-order valence-electron chi connectivity index (χ3n) is 7.13. The second-order valence-electron chi connectivity index (χ2n) is 9.33. The molecule has 0 aliphatic carbocycles. The van der Waals surface area contributed by atoms with Crippen LogP contribution < -0.4 is 4.90 Å². The Morgan fingerprint density at radius 3 is 2.75 bits per heavy atom. The third-order valence-corrected chi connectivity index (χ3v) is 7.13. The van der Waals surface area contributed by atoms with E-state index in [9.17, 15) is 14.3 Å². The third kappa shape index (κ3) is 4.03. The molecular formula is C26H25FN6O3. The van der Waals surface area contributed by atoms with Crippen LogP contribution in [-0.4, -0.2) is 68.2 Å². The van der Waals surface area contributed by atoms with E-state index in [0.29, 0.717) is 35.5 Å². The number of fused-ring (bicyclic) bond motifs is 3. The molecule has 0 spiro atoms. The summed E-state index contributed by atoms with van der Waals surface area (Å²) in [6.45, 7) is 2.19. The molecule has 3 aliphatic rings. The average Bonchev–Trinajstić information content (AvgIpc) is 3.31. The van der Waals surface area contributed by atoms with E-state index in [-0.39, 0.29) is 24.0 Å². The number of piperidine rings is 1. The molecule has 2 unspecified atom stereocenters. The number of halogens is 1. The number of carbonyl (C=O) groups is 1. The first-order valence-corrected chi connectivity index (χ1v) is 11.8. The molecule has 184 valence electrons. The first-order valence-electron chi connectivity index (χ1n) is 11.8. The zero-order chi connectivity index (χ0) is 24.8. The number of aromatic nitrogens is 4. The van der Waals surface area contributed by atoms with Crippen molar-refractivity contribution < 1.29 is 19.0 Å². The molecule has 3 aromatic heterocycles. The number of methoxy groups -OCH3 is 1. The number of benzene rings is 1. The summed E-state index contributed by atoms with van der Waals surface area (Å²) in [5.41, 5.74) is 3.60. The summed E-state index contributed by atoms with van der Waals surface area (Å²) >= 11 is 0. The highest BCUT2D eigenvalue weighted by Crippen LogP contribution is 2.37. The van der Waals surface area contributed by atoms with Crippen LogP contribution in [0.25, 0.3) is 22.3 Å². The number of nitrogens with zero attached hydrogens (tertiary/aromatic N) is 5. The van der Waals surface area contributed by atoms with Crippen molar-refractivity contribution >= 4 is 22.8 Å². The fourth-order valence-corrected chi connectivity index (χ4v) is 5.27. The van der Waals surface area contributed by atoms with Gasteiger partial charge in [0.05, 0.1) is 19.2 Å². The molecule has 0 amide bonds. The highest BCUT2D eigenvalue weighted by Gasteiger charge is 2.44. The van der Waals surface area contributed by atoms with Crippen molar-refractivity contribution in [2.75, 3.05) is 25.1 Å². The lowest BCUT2D eigenvalue weighted by Gasteiger charge is -2.56. The largest absolute Gasteiger partial charge is 0.508 e. The van der Waals surface area contributed by atoms with Crippen LogP contribution in [0.15, 0.2) is 48.9 Å². The molecule has 9 nitrogen and oxygen atoms in total. The van der Waals surface area contributed by atoms with Crippen LogP contribution in [0.5, 0.6) is 5.75 Å². The number of nitrogens with one attached hydrogen (secondary N) is 1. The fraction of sp³-hybridized carbons (Fsp3) is 0.308. The van der Waals surface area contributed by atoms with Gasteiger partial charge in [0, 0.05) is 60.1 Å². The molecule has 0 saturated carbocycles. The minimum atomic E-state index is -0.334. The molecular weight excluding hydrogens is 463 g/mol. The highest BCUT2D eigenvalue weighted by atomic mass is 19.1. The number of anilines is 1. The number of hydrogen-bond donors (Lipinski definition) is 2. The summed E-state index contributed by atoms with van der Waals surface area (Å²) in [6.07, 6.45) is 4.53. The molecule has 2 N–H and O–H groups in total. The van der Waals surface area contributed by atoms with Gasteiger partial charge in [-0.15, -0.1) is 0 Å². The van der Waals surface area contributed by atoms with Crippen molar-refractivity contribution in [2.45, 2.75) is 31.5 Å². The van der Waals surface area contributed by atoms with Crippen LogP contribution in [0.3, 0.4) is 0 Å². The second-order valence-corrected chi connectivity index (χ2v) is 9.33. The van der Waals surface area contributed by atoms with E-state index in [1.807, 2.05) is 24.4 Å². The monoisotopic (exact) mass is 488 g/mol. The van der Waals surface area contributed by atoms with Crippen molar-refractivity contribution in [1.82, 2.24) is 24.8 Å². The molecule has 36 heavy (non-hydrogen) atoms. The van der Waals surface area contributed by atoms with Gasteiger partial charge in [-0.05, 0) is 42.8 Å².